The molecule has 0 aliphatic heterocycles. The summed E-state index contributed by atoms with van der Waals surface area (Å²) in [4.78, 5) is 32.7. The van der Waals surface area contributed by atoms with Crippen molar-refractivity contribution in [2.45, 2.75) is 57.5 Å². The third-order valence-electron chi connectivity index (χ3n) is 3.91. The highest BCUT2D eigenvalue weighted by atomic mass is 31.1. The Hall–Kier alpha value is -0.663. The number of methoxy groups -OCH3 is 1. The zero-order valence-corrected chi connectivity index (χ0v) is 16.8. The quantitative estimate of drug-likeness (QED) is 0.254. The van der Waals surface area contributed by atoms with E-state index in [1.165, 1.54) is 14.2 Å². The van der Waals surface area contributed by atoms with E-state index in [2.05, 4.69) is 9.78 Å². The number of ketones is 1. The van der Waals surface area contributed by atoms with Crippen LogP contribution in [0.3, 0.4) is 0 Å². The summed E-state index contributed by atoms with van der Waals surface area (Å²) in [6.07, 6.45) is -2.14. The molecule has 1 unspecified atom stereocenters. The standard InChI is InChI=1S/C14H27O7PSi/c1-14(2,3)23(6,7)21-11(8-10(15)9-22-17)12(18-4)13(16)20-19-5/h11-12H,8-9H2,1-7H3/t11-,12?/m1/s1. The molecule has 0 saturated carbocycles. The van der Waals surface area contributed by atoms with Gasteiger partial charge in [-0.2, -0.15) is 4.89 Å². The van der Waals surface area contributed by atoms with Gasteiger partial charge in [0.1, 0.15) is 5.78 Å². The Bertz CT molecular complexity index is 420. The molecule has 0 aliphatic rings. The van der Waals surface area contributed by atoms with Crippen LogP contribution >= 0.6 is 8.46 Å². The van der Waals surface area contributed by atoms with Crippen LogP contribution in [0.1, 0.15) is 27.2 Å². The fourth-order valence-electron chi connectivity index (χ4n) is 1.66. The maximum absolute atomic E-state index is 12.0. The van der Waals surface area contributed by atoms with Gasteiger partial charge in [0.2, 0.25) is 0 Å². The molecular weight excluding hydrogens is 339 g/mol. The van der Waals surface area contributed by atoms with Crippen molar-refractivity contribution < 1.29 is 33.1 Å². The predicted octanol–water partition coefficient (Wildman–Crippen LogP) is 2.75. The Morgan fingerprint density at radius 2 is 1.74 bits per heavy atom. The van der Waals surface area contributed by atoms with Gasteiger partial charge in [-0.05, 0) is 18.1 Å². The molecule has 0 fully saturated rings. The highest BCUT2D eigenvalue weighted by Gasteiger charge is 2.43. The Balaban J connectivity index is 5.40. The number of carbonyl (C=O) groups excluding carboxylic acids is 2. The first-order valence-electron chi connectivity index (χ1n) is 7.26. The second-order valence-corrected chi connectivity index (χ2v) is 12.0. The number of hydrogen-bond acceptors (Lipinski definition) is 7. The summed E-state index contributed by atoms with van der Waals surface area (Å²) in [5.74, 6) is -1.05. The van der Waals surface area contributed by atoms with Crippen LogP contribution in [0, 0.1) is 0 Å². The van der Waals surface area contributed by atoms with Crippen LogP contribution in [0.2, 0.25) is 18.1 Å². The summed E-state index contributed by atoms with van der Waals surface area (Å²) in [6.45, 7) is 10.1. The monoisotopic (exact) mass is 366 g/mol. The Morgan fingerprint density at radius 1 is 1.17 bits per heavy atom. The minimum Gasteiger partial charge on any atom is -0.410 e. The van der Waals surface area contributed by atoms with Crippen molar-refractivity contribution in [3.63, 3.8) is 0 Å². The van der Waals surface area contributed by atoms with Gasteiger partial charge in [0.15, 0.2) is 22.9 Å². The van der Waals surface area contributed by atoms with Crippen molar-refractivity contribution in [2.75, 3.05) is 20.4 Å². The molecule has 134 valence electrons. The summed E-state index contributed by atoms with van der Waals surface area (Å²) >= 11 is 0. The number of carbonyl (C=O) groups is 2. The molecule has 0 rings (SSSR count). The lowest BCUT2D eigenvalue weighted by molar-refractivity contribution is -0.265. The lowest BCUT2D eigenvalue weighted by Gasteiger charge is -2.40. The highest BCUT2D eigenvalue weighted by molar-refractivity contribution is 7.25. The van der Waals surface area contributed by atoms with Crippen LogP contribution in [-0.2, 0) is 33.1 Å². The first kappa shape index (κ1) is 22.3. The van der Waals surface area contributed by atoms with E-state index >= 15 is 0 Å². The maximum Gasteiger partial charge on any atom is 0.373 e. The average Bonchev–Trinajstić information content (AvgIpc) is 2.38. The lowest BCUT2D eigenvalue weighted by atomic mass is 10.1. The van der Waals surface area contributed by atoms with Gasteiger partial charge in [0.05, 0.1) is 19.4 Å². The fraction of sp³-hybridized carbons (Fsp3) is 0.857. The molecule has 7 nitrogen and oxygen atoms in total. The molecule has 0 heterocycles. The fourth-order valence-corrected chi connectivity index (χ4v) is 3.25. The molecular formula is C14H27O7PSi. The molecule has 2 atom stereocenters. The Labute approximate surface area is 140 Å². The number of ether oxygens (including phenoxy) is 1. The highest BCUT2D eigenvalue weighted by Crippen LogP contribution is 2.38. The lowest BCUT2D eigenvalue weighted by Crippen LogP contribution is -2.50. The van der Waals surface area contributed by atoms with Crippen LogP contribution in [0.15, 0.2) is 0 Å². The predicted molar refractivity (Wildman–Crippen MR) is 88.1 cm³/mol. The van der Waals surface area contributed by atoms with E-state index in [1.54, 1.807) is 0 Å². The van der Waals surface area contributed by atoms with Crippen molar-refractivity contribution in [1.82, 2.24) is 0 Å². The molecule has 0 amide bonds. The van der Waals surface area contributed by atoms with E-state index in [0.717, 1.165) is 0 Å². The van der Waals surface area contributed by atoms with Gasteiger partial charge in [-0.25, -0.2) is 4.79 Å². The Kier molecular flexibility index (Phi) is 9.31. The normalized spacial score (nSPS) is 15.3. The molecule has 23 heavy (non-hydrogen) atoms. The molecule has 0 N–H and O–H groups in total. The van der Waals surface area contributed by atoms with Gasteiger partial charge >= 0.3 is 5.97 Å². The van der Waals surface area contributed by atoms with Gasteiger partial charge in [0, 0.05) is 13.5 Å². The molecule has 0 bridgehead atoms. The van der Waals surface area contributed by atoms with Gasteiger partial charge in [-0.1, -0.05) is 20.8 Å². The summed E-state index contributed by atoms with van der Waals surface area (Å²) in [6, 6.07) is 0. The number of Topliss-reactive ketones (excluding diaryl/α,β-unsaturated/α-hetero) is 1. The van der Waals surface area contributed by atoms with E-state index in [4.69, 9.17) is 9.16 Å². The minimum atomic E-state index is -2.27. The molecule has 0 aliphatic carbocycles. The van der Waals surface area contributed by atoms with Gasteiger partial charge in [-0.15, -0.1) is 0 Å². The topological polar surface area (TPSA) is 88.1 Å². The van der Waals surface area contributed by atoms with E-state index in [1.807, 2.05) is 33.9 Å². The average molecular weight is 366 g/mol. The van der Waals surface area contributed by atoms with Gasteiger partial charge in [0.25, 0.3) is 0 Å². The van der Waals surface area contributed by atoms with Crippen LogP contribution in [0.25, 0.3) is 0 Å². The summed E-state index contributed by atoms with van der Waals surface area (Å²) in [7, 11) is 0.00367. The largest absolute Gasteiger partial charge is 0.410 e. The second kappa shape index (κ2) is 9.59. The SMILES string of the molecule is COOC(=O)C(OC)[C@@H](CC(=O)CP=O)O[Si](C)(C)C(C)(C)C. The van der Waals surface area contributed by atoms with Crippen LogP contribution < -0.4 is 0 Å². The van der Waals surface area contributed by atoms with Crippen molar-refractivity contribution in [1.29, 1.82) is 0 Å². The zero-order chi connectivity index (χ0) is 18.3. The number of rotatable bonds is 10. The van der Waals surface area contributed by atoms with Crippen LogP contribution in [0.5, 0.6) is 0 Å². The van der Waals surface area contributed by atoms with Crippen LogP contribution in [-0.4, -0.2) is 52.7 Å². The number of hydrogen-bond donors (Lipinski definition) is 0. The summed E-state index contributed by atoms with van der Waals surface area (Å²) in [5, 5.41) is -0.117. The van der Waals surface area contributed by atoms with Crippen molar-refractivity contribution in [3.05, 3.63) is 0 Å². The molecule has 0 saturated heterocycles. The third kappa shape index (κ3) is 7.18. The third-order valence-corrected chi connectivity index (χ3v) is 8.90. The van der Waals surface area contributed by atoms with Gasteiger partial charge < -0.3 is 9.16 Å². The molecule has 0 spiro atoms. The van der Waals surface area contributed by atoms with E-state index in [0.29, 0.717) is 0 Å². The first-order valence-corrected chi connectivity index (χ1v) is 11.2. The van der Waals surface area contributed by atoms with Crippen molar-refractivity contribution >= 4 is 28.5 Å². The van der Waals surface area contributed by atoms with E-state index < -0.39 is 26.5 Å². The molecule has 0 radical (unpaired) electrons. The van der Waals surface area contributed by atoms with Crippen LogP contribution in [0.4, 0.5) is 0 Å². The second-order valence-electron chi connectivity index (χ2n) is 6.67. The van der Waals surface area contributed by atoms with Crippen molar-refractivity contribution in [2.24, 2.45) is 0 Å². The zero-order valence-electron chi connectivity index (χ0n) is 14.9. The van der Waals surface area contributed by atoms with E-state index in [9.17, 15) is 14.2 Å². The maximum atomic E-state index is 12.0. The smallest absolute Gasteiger partial charge is 0.373 e. The first-order chi connectivity index (χ1) is 10.5. The van der Waals surface area contributed by atoms with Gasteiger partial charge in [-0.3, -0.25) is 14.2 Å². The molecule has 0 aromatic carbocycles. The summed E-state index contributed by atoms with van der Waals surface area (Å²) in [5.41, 5.74) is 0. The van der Waals surface area contributed by atoms with E-state index in [-0.39, 0.29) is 31.9 Å². The molecule has 0 aromatic heterocycles. The minimum absolute atomic E-state index is 0.0843. The summed E-state index contributed by atoms with van der Waals surface area (Å²) < 4.78 is 22.0. The Morgan fingerprint density at radius 3 is 2.13 bits per heavy atom. The molecule has 0 aromatic rings. The molecule has 9 heteroatoms. The van der Waals surface area contributed by atoms with Crippen molar-refractivity contribution in [3.8, 4) is 0 Å².